The Labute approximate surface area is 289 Å². The van der Waals surface area contributed by atoms with Gasteiger partial charge in [0.2, 0.25) is 17.8 Å². The van der Waals surface area contributed by atoms with Gasteiger partial charge in [-0.2, -0.15) is 0 Å². The Morgan fingerprint density at radius 1 is 0.875 bits per heavy atom. The number of aliphatic hydroxyl groups is 1. The zero-order chi connectivity index (χ0) is 34.5. The number of aromatic nitrogens is 4. The van der Waals surface area contributed by atoms with Crippen LogP contribution in [0.5, 0.6) is 0 Å². The number of aliphatic hydroxyl groups excluding tert-OH is 1. The van der Waals surface area contributed by atoms with Crippen molar-refractivity contribution in [3.63, 3.8) is 0 Å². The summed E-state index contributed by atoms with van der Waals surface area (Å²) in [4.78, 5) is 26.4. The number of hydrogen-bond donors (Lipinski definition) is 4. The van der Waals surface area contributed by atoms with Crippen molar-refractivity contribution in [2.75, 3.05) is 11.9 Å². The number of fused-ring (bicyclic) bond motifs is 7. The van der Waals surface area contributed by atoms with Crippen LogP contribution in [0.3, 0.4) is 0 Å². The lowest BCUT2D eigenvalue weighted by molar-refractivity contribution is -0.246. The van der Waals surface area contributed by atoms with Crippen molar-refractivity contribution in [3.8, 4) is 0 Å². The Morgan fingerprint density at radius 2 is 1.62 bits per heavy atom. The molecular weight excluding hydrogens is 600 g/mol. The summed E-state index contributed by atoms with van der Waals surface area (Å²) in [5.74, 6) is 3.09. The maximum atomic E-state index is 14.4. The number of unbranched alkanes of at least 4 members (excludes halogenated alkanes) is 4. The van der Waals surface area contributed by atoms with Crippen LogP contribution in [0.4, 0.5) is 5.95 Å². The molecule has 10 atom stereocenters. The van der Waals surface area contributed by atoms with Gasteiger partial charge in [-0.05, 0) is 146 Å². The van der Waals surface area contributed by atoms with Gasteiger partial charge >= 0.3 is 0 Å². The minimum absolute atomic E-state index is 0.0319. The van der Waals surface area contributed by atoms with Crippen LogP contribution >= 0.6 is 0 Å². The van der Waals surface area contributed by atoms with E-state index >= 15 is 0 Å². The first-order chi connectivity index (χ1) is 22.7. The number of carbonyl (C=O) groups is 2. The van der Waals surface area contributed by atoms with Gasteiger partial charge in [0.05, 0.1) is 11.5 Å². The fourth-order valence-electron chi connectivity index (χ4n) is 13.2. The van der Waals surface area contributed by atoms with Crippen LogP contribution in [0.15, 0.2) is 12.2 Å². The molecule has 0 aromatic carbocycles. The van der Waals surface area contributed by atoms with Gasteiger partial charge < -0.3 is 10.4 Å². The highest BCUT2D eigenvalue weighted by Crippen LogP contribution is 2.77. The first-order valence-electron chi connectivity index (χ1n) is 19.4. The van der Waals surface area contributed by atoms with Gasteiger partial charge in [0.25, 0.3) is 0 Å². The van der Waals surface area contributed by atoms with Crippen LogP contribution in [-0.2, 0) is 9.59 Å². The molecule has 0 saturated heterocycles. The summed E-state index contributed by atoms with van der Waals surface area (Å²) in [7, 11) is 0. The van der Waals surface area contributed by atoms with E-state index in [2.05, 4.69) is 79.4 Å². The van der Waals surface area contributed by atoms with E-state index in [0.29, 0.717) is 41.9 Å². The third kappa shape index (κ3) is 5.66. The fraction of sp³-hybridized carbons (Fsp3) is 0.872. The lowest BCUT2D eigenvalue weighted by Gasteiger charge is -2.72. The second-order valence-corrected chi connectivity index (χ2v) is 18.3. The Bertz CT molecular complexity index is 1350. The molecule has 5 aliphatic rings. The minimum atomic E-state index is -0.276. The number of H-pyrrole nitrogens is 1. The van der Waals surface area contributed by atoms with E-state index in [-0.39, 0.29) is 45.0 Å². The molecule has 1 unspecified atom stereocenters. The normalized spacial score (nSPS) is 41.3. The second-order valence-electron chi connectivity index (χ2n) is 18.3. The van der Waals surface area contributed by atoms with Crippen molar-refractivity contribution in [1.82, 2.24) is 25.9 Å². The Morgan fingerprint density at radius 3 is 2.35 bits per heavy atom. The van der Waals surface area contributed by atoms with Crippen LogP contribution in [0.25, 0.3) is 0 Å². The summed E-state index contributed by atoms with van der Waals surface area (Å²) in [5.41, 5.74) is 1.69. The minimum Gasteiger partial charge on any atom is -0.393 e. The third-order valence-electron chi connectivity index (χ3n) is 16.0. The van der Waals surface area contributed by atoms with Crippen LogP contribution < -0.4 is 10.6 Å². The van der Waals surface area contributed by atoms with Crippen LogP contribution in [0.2, 0.25) is 0 Å². The molecule has 268 valence electrons. The summed E-state index contributed by atoms with van der Waals surface area (Å²) < 4.78 is 0. The molecule has 5 aliphatic carbocycles. The second kappa shape index (κ2) is 13.1. The van der Waals surface area contributed by atoms with E-state index in [0.717, 1.165) is 77.2 Å². The van der Waals surface area contributed by atoms with Crippen LogP contribution in [-0.4, -0.2) is 50.2 Å². The van der Waals surface area contributed by atoms with Crippen molar-refractivity contribution in [2.24, 2.45) is 56.7 Å². The molecule has 48 heavy (non-hydrogen) atoms. The van der Waals surface area contributed by atoms with Gasteiger partial charge in [-0.3, -0.25) is 14.9 Å². The monoisotopic (exact) mass is 665 g/mol. The van der Waals surface area contributed by atoms with Gasteiger partial charge in [-0.15, -0.1) is 0 Å². The number of allylic oxidation sites excluding steroid dienone is 1. The van der Waals surface area contributed by atoms with E-state index < -0.39 is 0 Å². The van der Waals surface area contributed by atoms with Gasteiger partial charge in [-0.1, -0.05) is 71.1 Å². The summed E-state index contributed by atoms with van der Waals surface area (Å²) >= 11 is 0. The largest absolute Gasteiger partial charge is 0.393 e. The van der Waals surface area contributed by atoms with Crippen LogP contribution in [0, 0.1) is 56.7 Å². The number of carbonyl (C=O) groups excluding carboxylic acids is 2. The average Bonchev–Trinajstić information content (AvgIpc) is 3.69. The molecule has 1 heterocycles. The van der Waals surface area contributed by atoms with Crippen LogP contribution in [0.1, 0.15) is 144 Å². The lowest BCUT2D eigenvalue weighted by Crippen LogP contribution is -2.67. The molecule has 0 aliphatic heterocycles. The molecular formula is C39H64N6O3. The van der Waals surface area contributed by atoms with E-state index in [1.165, 1.54) is 31.3 Å². The SMILES string of the molecule is C=C(C)[C@@H]1CC[C@]2(C(=O)NCCCCCCCC(=O)Nc3nnn[nH]3)CC[C@]3(C)[C@H](CCC4[C@@]5(C)CC[C@H](O)C(C)(C)[C@@H]5CC[C@]43C)[C@@H]12. The molecule has 5 fully saturated rings. The Balaban J connectivity index is 1.08. The van der Waals surface area contributed by atoms with E-state index in [1.54, 1.807) is 0 Å². The zero-order valence-electron chi connectivity index (χ0n) is 30.8. The standard InChI is InChI=1S/C39H64N6O3/c1-25(2)26-16-21-39(33(48)40-24-12-10-8-9-11-13-31(47)41-34-42-44-45-43-34)23-22-37(6)27(32(26)39)14-15-29-36(5)19-18-30(46)35(3,4)28(36)17-20-38(29,37)7/h26-30,32,46H,1,8-24H2,2-7H3,(H,40,48)(H2,41,42,43,44,45,47)/t26-,27+,28-,29?,30-,32+,36-,37+,38+,39-/m0/s1. The summed E-state index contributed by atoms with van der Waals surface area (Å²) in [6.07, 6.45) is 16.4. The molecule has 6 rings (SSSR count). The van der Waals surface area contributed by atoms with Crippen molar-refractivity contribution in [1.29, 1.82) is 0 Å². The maximum Gasteiger partial charge on any atom is 0.246 e. The predicted molar refractivity (Wildman–Crippen MR) is 188 cm³/mol. The van der Waals surface area contributed by atoms with Gasteiger partial charge in [0.15, 0.2) is 0 Å². The molecule has 4 N–H and O–H groups in total. The first kappa shape index (κ1) is 35.5. The third-order valence-corrected chi connectivity index (χ3v) is 16.0. The topological polar surface area (TPSA) is 133 Å². The number of nitrogens with one attached hydrogen (secondary N) is 3. The fourth-order valence-corrected chi connectivity index (χ4v) is 13.2. The van der Waals surface area contributed by atoms with Crippen molar-refractivity contribution in [2.45, 2.75) is 150 Å². The molecule has 0 spiro atoms. The van der Waals surface area contributed by atoms with Gasteiger partial charge in [0, 0.05) is 13.0 Å². The maximum absolute atomic E-state index is 14.4. The molecule has 2 amide bonds. The molecule has 9 nitrogen and oxygen atoms in total. The molecule has 0 bridgehead atoms. The number of amides is 2. The van der Waals surface area contributed by atoms with E-state index in [9.17, 15) is 14.7 Å². The highest BCUT2D eigenvalue weighted by molar-refractivity contribution is 5.88. The van der Waals surface area contributed by atoms with Crippen molar-refractivity contribution < 1.29 is 14.7 Å². The average molecular weight is 665 g/mol. The number of nitrogens with zero attached hydrogens (tertiary/aromatic N) is 3. The van der Waals surface area contributed by atoms with Gasteiger partial charge in [0.1, 0.15) is 0 Å². The smallest absolute Gasteiger partial charge is 0.246 e. The first-order valence-corrected chi connectivity index (χ1v) is 19.4. The molecule has 1 aromatic rings. The van der Waals surface area contributed by atoms with E-state index in [1.807, 2.05) is 0 Å². The van der Waals surface area contributed by atoms with Crippen molar-refractivity contribution >= 4 is 17.8 Å². The number of hydrogen-bond acceptors (Lipinski definition) is 6. The molecule has 0 radical (unpaired) electrons. The highest BCUT2D eigenvalue weighted by atomic mass is 16.3. The predicted octanol–water partition coefficient (Wildman–Crippen LogP) is 7.61. The zero-order valence-corrected chi connectivity index (χ0v) is 30.8. The van der Waals surface area contributed by atoms with Gasteiger partial charge in [-0.25, -0.2) is 5.10 Å². The highest BCUT2D eigenvalue weighted by Gasteiger charge is 2.71. The number of anilines is 1. The quantitative estimate of drug-likeness (QED) is 0.142. The summed E-state index contributed by atoms with van der Waals surface area (Å²) in [6, 6.07) is 0. The molecule has 9 heteroatoms. The van der Waals surface area contributed by atoms with E-state index in [4.69, 9.17) is 0 Å². The van der Waals surface area contributed by atoms with Crippen molar-refractivity contribution in [3.05, 3.63) is 12.2 Å². The number of rotatable bonds is 11. The number of tetrazole rings is 1. The number of aromatic amines is 1. The molecule has 1 aromatic heterocycles. The molecule has 5 saturated carbocycles. The Kier molecular flexibility index (Phi) is 9.71. The summed E-state index contributed by atoms with van der Waals surface area (Å²) in [6.45, 7) is 20.0. The summed E-state index contributed by atoms with van der Waals surface area (Å²) in [5, 5.41) is 30.3. The lowest BCUT2D eigenvalue weighted by atomic mass is 9.32. The Hall–Kier alpha value is -2.29.